The number of ether oxygens (including phenoxy) is 1. The molecule has 1 atom stereocenters. The molecule has 0 saturated carbocycles. The minimum absolute atomic E-state index is 0.0473. The van der Waals surface area contributed by atoms with Gasteiger partial charge < -0.3 is 15.2 Å². The Kier molecular flexibility index (Phi) is 5.42. The average molecular weight is 299 g/mol. The first kappa shape index (κ1) is 15.9. The number of phenolic OH excluding ortho intramolecular Hbond substituents is 1. The molecule has 0 aliphatic carbocycles. The summed E-state index contributed by atoms with van der Waals surface area (Å²) in [5.74, 6) is 1.07. The Labute approximate surface area is 130 Å². The van der Waals surface area contributed by atoms with Crippen molar-refractivity contribution in [2.24, 2.45) is 0 Å². The van der Waals surface area contributed by atoms with Crippen LogP contribution in [-0.2, 0) is 4.79 Å². The third-order valence-electron chi connectivity index (χ3n) is 3.57. The first-order valence-corrected chi connectivity index (χ1v) is 7.40. The third-order valence-corrected chi connectivity index (χ3v) is 3.57. The van der Waals surface area contributed by atoms with Gasteiger partial charge in [0.2, 0.25) is 0 Å². The molecule has 1 unspecified atom stereocenters. The number of rotatable bonds is 6. The number of benzene rings is 2. The van der Waals surface area contributed by atoms with E-state index in [2.05, 4.69) is 19.2 Å². The van der Waals surface area contributed by atoms with Crippen LogP contribution >= 0.6 is 0 Å². The zero-order valence-corrected chi connectivity index (χ0v) is 12.9. The van der Waals surface area contributed by atoms with Gasteiger partial charge in [-0.3, -0.25) is 4.79 Å². The van der Waals surface area contributed by atoms with Gasteiger partial charge in [0, 0.05) is 5.69 Å². The molecule has 1 amide bonds. The second kappa shape index (κ2) is 7.50. The van der Waals surface area contributed by atoms with Crippen LogP contribution in [0, 0.1) is 0 Å². The van der Waals surface area contributed by atoms with Crippen LogP contribution in [0.4, 0.5) is 5.69 Å². The number of aromatic hydroxyl groups is 1. The molecule has 0 fully saturated rings. The standard InChI is InChI=1S/C18H21NO3/c1-3-13(2)16-6-4-5-7-17(16)22-12-18(21)19-14-8-10-15(20)11-9-14/h4-11,13,20H,3,12H2,1-2H3,(H,19,21). The predicted molar refractivity (Wildman–Crippen MR) is 87.4 cm³/mol. The van der Waals surface area contributed by atoms with Gasteiger partial charge in [0.1, 0.15) is 11.5 Å². The largest absolute Gasteiger partial charge is 0.508 e. The fourth-order valence-electron chi connectivity index (χ4n) is 2.12. The van der Waals surface area contributed by atoms with E-state index < -0.39 is 0 Å². The number of anilines is 1. The maximum absolute atomic E-state index is 11.9. The number of para-hydroxylation sites is 1. The highest BCUT2D eigenvalue weighted by molar-refractivity contribution is 5.91. The van der Waals surface area contributed by atoms with Crippen molar-refractivity contribution in [3.05, 3.63) is 54.1 Å². The lowest BCUT2D eigenvalue weighted by Gasteiger charge is -2.15. The number of hydrogen-bond donors (Lipinski definition) is 2. The van der Waals surface area contributed by atoms with Crippen LogP contribution < -0.4 is 10.1 Å². The summed E-state index contributed by atoms with van der Waals surface area (Å²) in [5, 5.41) is 11.9. The first-order valence-electron chi connectivity index (χ1n) is 7.40. The molecule has 2 rings (SSSR count). The number of nitrogens with one attached hydrogen (secondary N) is 1. The molecule has 2 aromatic carbocycles. The summed E-state index contributed by atoms with van der Waals surface area (Å²) >= 11 is 0. The topological polar surface area (TPSA) is 58.6 Å². The quantitative estimate of drug-likeness (QED) is 0.795. The molecule has 0 spiro atoms. The second-order valence-corrected chi connectivity index (χ2v) is 5.23. The van der Waals surface area contributed by atoms with Crippen LogP contribution in [0.2, 0.25) is 0 Å². The predicted octanol–water partition coefficient (Wildman–Crippen LogP) is 3.92. The summed E-state index contributed by atoms with van der Waals surface area (Å²) in [6.45, 7) is 4.21. The molecule has 2 aromatic rings. The Hall–Kier alpha value is -2.49. The van der Waals surface area contributed by atoms with Crippen molar-refractivity contribution in [2.75, 3.05) is 11.9 Å². The van der Waals surface area contributed by atoms with Crippen LogP contribution in [0.25, 0.3) is 0 Å². The maximum atomic E-state index is 11.9. The number of amides is 1. The summed E-state index contributed by atoms with van der Waals surface area (Å²) in [4.78, 5) is 11.9. The molecule has 0 aliphatic rings. The van der Waals surface area contributed by atoms with Crippen LogP contribution in [0.5, 0.6) is 11.5 Å². The maximum Gasteiger partial charge on any atom is 0.262 e. The van der Waals surface area contributed by atoms with E-state index in [9.17, 15) is 9.90 Å². The van der Waals surface area contributed by atoms with Crippen LogP contribution in [0.3, 0.4) is 0 Å². The van der Waals surface area contributed by atoms with E-state index in [0.29, 0.717) is 11.6 Å². The molecular formula is C18H21NO3. The summed E-state index contributed by atoms with van der Waals surface area (Å²) in [5.41, 5.74) is 1.74. The number of carbonyl (C=O) groups excluding carboxylic acids is 1. The molecule has 116 valence electrons. The fourth-order valence-corrected chi connectivity index (χ4v) is 2.12. The minimum atomic E-state index is -0.232. The number of phenols is 1. The van der Waals surface area contributed by atoms with Crippen molar-refractivity contribution >= 4 is 11.6 Å². The Bertz CT molecular complexity index is 622. The second-order valence-electron chi connectivity index (χ2n) is 5.23. The molecule has 2 N–H and O–H groups in total. The normalized spacial score (nSPS) is 11.7. The Morgan fingerprint density at radius 3 is 2.55 bits per heavy atom. The lowest BCUT2D eigenvalue weighted by molar-refractivity contribution is -0.118. The highest BCUT2D eigenvalue weighted by atomic mass is 16.5. The van der Waals surface area contributed by atoms with E-state index in [0.717, 1.165) is 17.7 Å². The zero-order chi connectivity index (χ0) is 15.9. The van der Waals surface area contributed by atoms with Gasteiger partial charge in [-0.15, -0.1) is 0 Å². The molecule has 0 radical (unpaired) electrons. The number of hydrogen-bond acceptors (Lipinski definition) is 3. The van der Waals surface area contributed by atoms with Crippen molar-refractivity contribution in [3.8, 4) is 11.5 Å². The van der Waals surface area contributed by atoms with E-state index >= 15 is 0 Å². The van der Waals surface area contributed by atoms with Gasteiger partial charge in [0.05, 0.1) is 0 Å². The third kappa shape index (κ3) is 4.25. The summed E-state index contributed by atoms with van der Waals surface area (Å²) in [6, 6.07) is 14.1. The van der Waals surface area contributed by atoms with Gasteiger partial charge in [0.25, 0.3) is 5.91 Å². The smallest absolute Gasteiger partial charge is 0.262 e. The Balaban J connectivity index is 1.95. The van der Waals surface area contributed by atoms with Gasteiger partial charge in [-0.1, -0.05) is 32.0 Å². The van der Waals surface area contributed by atoms with Crippen molar-refractivity contribution in [2.45, 2.75) is 26.2 Å². The van der Waals surface area contributed by atoms with E-state index in [1.54, 1.807) is 12.1 Å². The summed E-state index contributed by atoms with van der Waals surface area (Å²) in [6.07, 6.45) is 1.01. The highest BCUT2D eigenvalue weighted by Gasteiger charge is 2.11. The molecule has 0 saturated heterocycles. The van der Waals surface area contributed by atoms with Crippen molar-refractivity contribution < 1.29 is 14.6 Å². The van der Waals surface area contributed by atoms with Gasteiger partial charge in [0.15, 0.2) is 6.61 Å². The molecule has 0 heterocycles. The molecular weight excluding hydrogens is 278 g/mol. The lowest BCUT2D eigenvalue weighted by atomic mass is 9.98. The van der Waals surface area contributed by atoms with E-state index in [4.69, 9.17) is 4.74 Å². The molecule has 4 heteroatoms. The molecule has 4 nitrogen and oxygen atoms in total. The van der Waals surface area contributed by atoms with Crippen LogP contribution in [0.1, 0.15) is 31.7 Å². The molecule has 0 bridgehead atoms. The van der Waals surface area contributed by atoms with Crippen LogP contribution in [-0.4, -0.2) is 17.6 Å². The van der Waals surface area contributed by atoms with Gasteiger partial charge in [-0.2, -0.15) is 0 Å². The van der Waals surface area contributed by atoms with E-state index in [1.165, 1.54) is 12.1 Å². The van der Waals surface area contributed by atoms with Gasteiger partial charge >= 0.3 is 0 Å². The van der Waals surface area contributed by atoms with Gasteiger partial charge in [-0.25, -0.2) is 0 Å². The van der Waals surface area contributed by atoms with Crippen molar-refractivity contribution in [3.63, 3.8) is 0 Å². The van der Waals surface area contributed by atoms with Crippen molar-refractivity contribution in [1.29, 1.82) is 0 Å². The lowest BCUT2D eigenvalue weighted by Crippen LogP contribution is -2.20. The zero-order valence-electron chi connectivity index (χ0n) is 12.9. The summed E-state index contributed by atoms with van der Waals surface area (Å²) < 4.78 is 5.66. The molecule has 0 aliphatic heterocycles. The summed E-state index contributed by atoms with van der Waals surface area (Å²) in [7, 11) is 0. The monoisotopic (exact) mass is 299 g/mol. The van der Waals surface area contributed by atoms with Crippen LogP contribution in [0.15, 0.2) is 48.5 Å². The van der Waals surface area contributed by atoms with E-state index in [-0.39, 0.29) is 18.3 Å². The Morgan fingerprint density at radius 2 is 1.86 bits per heavy atom. The minimum Gasteiger partial charge on any atom is -0.508 e. The molecule has 0 aromatic heterocycles. The highest BCUT2D eigenvalue weighted by Crippen LogP contribution is 2.28. The Morgan fingerprint density at radius 1 is 1.18 bits per heavy atom. The fraction of sp³-hybridized carbons (Fsp3) is 0.278. The SMILES string of the molecule is CCC(C)c1ccccc1OCC(=O)Nc1ccc(O)cc1. The first-order chi connectivity index (χ1) is 10.6. The van der Waals surface area contributed by atoms with Gasteiger partial charge in [-0.05, 0) is 48.2 Å². The van der Waals surface area contributed by atoms with Crippen molar-refractivity contribution in [1.82, 2.24) is 0 Å². The molecule has 22 heavy (non-hydrogen) atoms. The number of carbonyl (C=O) groups is 1. The average Bonchev–Trinajstić information content (AvgIpc) is 2.54. The van der Waals surface area contributed by atoms with E-state index in [1.807, 2.05) is 24.3 Å².